The number of rotatable bonds is 5. The number of benzene rings is 1. The molecule has 0 bridgehead atoms. The molecule has 3 aromatic rings. The summed E-state index contributed by atoms with van der Waals surface area (Å²) in [6.07, 6.45) is 1.03. The lowest BCUT2D eigenvalue weighted by Gasteiger charge is -2.34. The Morgan fingerprint density at radius 1 is 1.13 bits per heavy atom. The number of aromatic nitrogens is 1. The van der Waals surface area contributed by atoms with Gasteiger partial charge in [0.15, 0.2) is 5.13 Å². The van der Waals surface area contributed by atoms with E-state index in [2.05, 4.69) is 24.1 Å². The molecule has 1 N–H and O–H groups in total. The summed E-state index contributed by atoms with van der Waals surface area (Å²) in [6, 6.07) is 9.75. The molecule has 1 fully saturated rings. The second-order valence-corrected chi connectivity index (χ2v) is 12.4. The number of amides is 1. The SMILES string of the molecule is CC1CC(C)CN(S(=O)(=O)c2ccc(C(=O)Nc3nc(-c4ccc(Cl)s4)cs3)cc2)C1. The van der Waals surface area contributed by atoms with Crippen LogP contribution >= 0.6 is 34.3 Å². The number of thiophene rings is 1. The van der Waals surface area contributed by atoms with Gasteiger partial charge >= 0.3 is 0 Å². The second kappa shape index (κ2) is 8.99. The van der Waals surface area contributed by atoms with Crippen molar-refractivity contribution in [3.8, 4) is 10.6 Å². The van der Waals surface area contributed by atoms with Gasteiger partial charge in [0.05, 0.1) is 19.8 Å². The van der Waals surface area contributed by atoms with E-state index < -0.39 is 10.0 Å². The number of nitrogens with zero attached hydrogens (tertiary/aromatic N) is 2. The molecule has 1 aliphatic rings. The van der Waals surface area contributed by atoms with Crippen LogP contribution in [-0.2, 0) is 10.0 Å². The number of thiazole rings is 1. The van der Waals surface area contributed by atoms with Crippen molar-refractivity contribution in [2.75, 3.05) is 18.4 Å². The summed E-state index contributed by atoms with van der Waals surface area (Å²) in [6.45, 7) is 5.19. The average Bonchev–Trinajstić information content (AvgIpc) is 3.36. The highest BCUT2D eigenvalue weighted by Gasteiger charge is 2.31. The van der Waals surface area contributed by atoms with Gasteiger partial charge in [0.1, 0.15) is 0 Å². The van der Waals surface area contributed by atoms with Crippen LogP contribution in [0.3, 0.4) is 0 Å². The Morgan fingerprint density at radius 2 is 1.81 bits per heavy atom. The number of sulfonamides is 1. The Balaban J connectivity index is 1.45. The fourth-order valence-electron chi connectivity index (χ4n) is 3.79. The van der Waals surface area contributed by atoms with Crippen LogP contribution < -0.4 is 5.32 Å². The lowest BCUT2D eigenvalue weighted by Crippen LogP contribution is -2.42. The quantitative estimate of drug-likeness (QED) is 0.510. The largest absolute Gasteiger partial charge is 0.298 e. The van der Waals surface area contributed by atoms with Crippen LogP contribution in [0.4, 0.5) is 5.13 Å². The fourth-order valence-corrected chi connectivity index (χ4v) is 7.26. The molecule has 1 amide bonds. The first-order valence-electron chi connectivity index (χ1n) is 9.85. The maximum Gasteiger partial charge on any atom is 0.257 e. The summed E-state index contributed by atoms with van der Waals surface area (Å²) in [5.41, 5.74) is 1.12. The zero-order valence-corrected chi connectivity index (χ0v) is 20.2. The van der Waals surface area contributed by atoms with Crippen molar-refractivity contribution >= 4 is 55.3 Å². The Bertz CT molecular complexity index is 1180. The molecule has 1 aliphatic heterocycles. The molecule has 0 saturated carbocycles. The molecule has 31 heavy (non-hydrogen) atoms. The van der Waals surface area contributed by atoms with E-state index in [0.29, 0.717) is 40.0 Å². The van der Waals surface area contributed by atoms with E-state index in [4.69, 9.17) is 11.6 Å². The summed E-state index contributed by atoms with van der Waals surface area (Å²) >= 11 is 8.71. The van der Waals surface area contributed by atoms with Gasteiger partial charge in [0.25, 0.3) is 5.91 Å². The van der Waals surface area contributed by atoms with E-state index in [-0.39, 0.29) is 10.8 Å². The molecule has 10 heteroatoms. The van der Waals surface area contributed by atoms with Gasteiger partial charge < -0.3 is 0 Å². The maximum absolute atomic E-state index is 13.0. The van der Waals surface area contributed by atoms with Crippen molar-refractivity contribution < 1.29 is 13.2 Å². The summed E-state index contributed by atoms with van der Waals surface area (Å²) in [7, 11) is -3.57. The zero-order valence-electron chi connectivity index (χ0n) is 17.0. The molecular formula is C21H22ClN3O3S3. The number of halogens is 1. The van der Waals surface area contributed by atoms with Gasteiger partial charge in [-0.25, -0.2) is 13.4 Å². The maximum atomic E-state index is 13.0. The van der Waals surface area contributed by atoms with Gasteiger partial charge in [-0.05, 0) is 54.7 Å². The monoisotopic (exact) mass is 495 g/mol. The van der Waals surface area contributed by atoms with Crippen LogP contribution in [0.15, 0.2) is 46.7 Å². The highest BCUT2D eigenvalue weighted by Crippen LogP contribution is 2.33. The molecule has 3 heterocycles. The smallest absolute Gasteiger partial charge is 0.257 e. The number of hydrogen-bond acceptors (Lipinski definition) is 6. The van der Waals surface area contributed by atoms with Crippen molar-refractivity contribution in [2.45, 2.75) is 25.2 Å². The highest BCUT2D eigenvalue weighted by molar-refractivity contribution is 7.89. The summed E-state index contributed by atoms with van der Waals surface area (Å²) in [4.78, 5) is 18.2. The van der Waals surface area contributed by atoms with E-state index in [0.717, 1.165) is 17.0 Å². The Morgan fingerprint density at radius 3 is 2.42 bits per heavy atom. The van der Waals surface area contributed by atoms with Gasteiger partial charge in [-0.3, -0.25) is 10.1 Å². The molecule has 1 aromatic carbocycles. The average molecular weight is 496 g/mol. The normalized spacial score (nSPS) is 20.0. The Labute approximate surface area is 194 Å². The zero-order chi connectivity index (χ0) is 22.2. The Kier molecular flexibility index (Phi) is 6.50. The predicted molar refractivity (Wildman–Crippen MR) is 127 cm³/mol. The number of carbonyl (C=O) groups is 1. The molecule has 2 atom stereocenters. The van der Waals surface area contributed by atoms with Gasteiger partial charge in [-0.15, -0.1) is 22.7 Å². The minimum absolute atomic E-state index is 0.205. The third-order valence-electron chi connectivity index (χ3n) is 5.14. The van der Waals surface area contributed by atoms with E-state index in [1.54, 1.807) is 10.4 Å². The van der Waals surface area contributed by atoms with Crippen molar-refractivity contribution in [3.63, 3.8) is 0 Å². The second-order valence-electron chi connectivity index (χ2n) is 7.89. The number of carbonyl (C=O) groups excluding carboxylic acids is 1. The molecule has 2 aromatic heterocycles. The van der Waals surface area contributed by atoms with E-state index in [9.17, 15) is 13.2 Å². The first-order valence-corrected chi connectivity index (χ1v) is 13.4. The molecular weight excluding hydrogens is 474 g/mol. The number of hydrogen-bond donors (Lipinski definition) is 1. The summed E-state index contributed by atoms with van der Waals surface area (Å²) in [5.74, 6) is 0.322. The van der Waals surface area contributed by atoms with E-state index >= 15 is 0 Å². The van der Waals surface area contributed by atoms with Crippen molar-refractivity contribution in [1.82, 2.24) is 9.29 Å². The minimum Gasteiger partial charge on any atom is -0.298 e. The molecule has 164 valence electrons. The molecule has 1 saturated heterocycles. The van der Waals surface area contributed by atoms with Crippen LogP contribution in [-0.4, -0.2) is 36.7 Å². The standard InChI is InChI=1S/C21H22ClN3O3S3/c1-13-9-14(2)11-25(10-13)31(27,28)16-5-3-15(4-6-16)20(26)24-21-23-17(12-29-21)18-7-8-19(22)30-18/h3-8,12-14H,9-11H2,1-2H3,(H,23,24,26). The van der Waals surface area contributed by atoms with Crippen LogP contribution in [0.25, 0.3) is 10.6 Å². The number of anilines is 1. The summed E-state index contributed by atoms with van der Waals surface area (Å²) < 4.78 is 28.2. The summed E-state index contributed by atoms with van der Waals surface area (Å²) in [5, 5.41) is 5.09. The first kappa shape index (κ1) is 22.4. The van der Waals surface area contributed by atoms with Gasteiger partial charge in [-0.1, -0.05) is 25.4 Å². The van der Waals surface area contributed by atoms with E-state index in [1.165, 1.54) is 46.9 Å². The minimum atomic E-state index is -3.57. The number of piperidine rings is 1. The van der Waals surface area contributed by atoms with Crippen molar-refractivity contribution in [2.24, 2.45) is 11.8 Å². The van der Waals surface area contributed by atoms with Crippen LogP contribution in [0, 0.1) is 11.8 Å². The molecule has 4 rings (SSSR count). The van der Waals surface area contributed by atoms with Crippen molar-refractivity contribution in [1.29, 1.82) is 0 Å². The van der Waals surface area contributed by atoms with Gasteiger partial charge in [0.2, 0.25) is 10.0 Å². The lowest BCUT2D eigenvalue weighted by molar-refractivity contribution is 0.102. The molecule has 2 unspecified atom stereocenters. The third kappa shape index (κ3) is 5.01. The van der Waals surface area contributed by atoms with Crippen LogP contribution in [0.2, 0.25) is 4.34 Å². The predicted octanol–water partition coefficient (Wildman–Crippen LogP) is 5.44. The molecule has 0 spiro atoms. The first-order chi connectivity index (χ1) is 14.7. The highest BCUT2D eigenvalue weighted by atomic mass is 35.5. The van der Waals surface area contributed by atoms with Crippen LogP contribution in [0.1, 0.15) is 30.6 Å². The number of nitrogens with one attached hydrogen (secondary N) is 1. The van der Waals surface area contributed by atoms with Gasteiger partial charge in [-0.2, -0.15) is 4.31 Å². The Hall–Kier alpha value is -1.78. The fraction of sp³-hybridized carbons (Fsp3) is 0.333. The third-order valence-corrected chi connectivity index (χ3v) is 9.00. The molecule has 6 nitrogen and oxygen atoms in total. The topological polar surface area (TPSA) is 79.4 Å². The molecule has 0 radical (unpaired) electrons. The van der Waals surface area contributed by atoms with Crippen molar-refractivity contribution in [3.05, 3.63) is 51.7 Å². The molecule has 0 aliphatic carbocycles. The van der Waals surface area contributed by atoms with Crippen LogP contribution in [0.5, 0.6) is 0 Å². The van der Waals surface area contributed by atoms with E-state index in [1.807, 2.05) is 11.4 Å². The lowest BCUT2D eigenvalue weighted by atomic mass is 9.94. The van der Waals surface area contributed by atoms with Gasteiger partial charge in [0, 0.05) is 24.0 Å².